The van der Waals surface area contributed by atoms with Gasteiger partial charge in [0.1, 0.15) is 0 Å². The Bertz CT molecular complexity index is 872. The molecule has 0 radical (unpaired) electrons. The van der Waals surface area contributed by atoms with Crippen LogP contribution in [0.3, 0.4) is 0 Å². The van der Waals surface area contributed by atoms with Crippen molar-refractivity contribution in [3.05, 3.63) is 12.3 Å². The zero-order valence-corrected chi connectivity index (χ0v) is 15.9. The fraction of sp³-hybridized carbons (Fsp3) is 0.625. The van der Waals surface area contributed by atoms with Crippen molar-refractivity contribution in [3.63, 3.8) is 0 Å². The van der Waals surface area contributed by atoms with Crippen LogP contribution in [0.25, 0.3) is 11.4 Å². The lowest BCUT2D eigenvalue weighted by molar-refractivity contribution is 0.141. The third-order valence-electron chi connectivity index (χ3n) is 5.46. The van der Waals surface area contributed by atoms with Gasteiger partial charge in [0.15, 0.2) is 10.9 Å². The van der Waals surface area contributed by atoms with Crippen LogP contribution < -0.4 is 10.0 Å². The molecule has 0 unspecified atom stereocenters. The number of aromatic nitrogens is 5. The molecule has 11 heteroatoms. The lowest BCUT2D eigenvalue weighted by atomic mass is 9.99. The van der Waals surface area contributed by atoms with Crippen molar-refractivity contribution in [1.29, 1.82) is 0 Å². The molecule has 2 saturated heterocycles. The van der Waals surface area contributed by atoms with Crippen LogP contribution in [0.1, 0.15) is 32.1 Å². The standard InChI is InChI=1S/C16H24N8O2S/c17-27(25,26)16-14(15-19-21-22-20-15)13(4-7-18-16)24-10-5-12(6-11-24)23-8-2-1-3-9-23/h4,7,12H,1-3,5-6,8-11H2,(H2,17,25,26)(H,19,20,21,22). The van der Waals surface area contributed by atoms with Crippen LogP contribution in [0.5, 0.6) is 0 Å². The summed E-state index contributed by atoms with van der Waals surface area (Å²) in [6, 6.07) is 2.39. The number of aromatic amines is 1. The topological polar surface area (TPSA) is 134 Å². The first-order valence-corrected chi connectivity index (χ1v) is 10.8. The van der Waals surface area contributed by atoms with E-state index in [0.717, 1.165) is 31.6 Å². The lowest BCUT2D eigenvalue weighted by Gasteiger charge is -2.41. The van der Waals surface area contributed by atoms with Crippen LogP contribution in [-0.2, 0) is 10.0 Å². The van der Waals surface area contributed by atoms with Crippen molar-refractivity contribution >= 4 is 15.7 Å². The molecule has 0 aliphatic carbocycles. The van der Waals surface area contributed by atoms with Crippen molar-refractivity contribution in [2.24, 2.45) is 5.14 Å². The summed E-state index contributed by atoms with van der Waals surface area (Å²) in [4.78, 5) is 8.76. The molecule has 27 heavy (non-hydrogen) atoms. The SMILES string of the molecule is NS(=O)(=O)c1nccc(N2CCC(N3CCCCC3)CC2)c1-c1nnn[nH]1. The molecular weight excluding hydrogens is 368 g/mol. The van der Waals surface area contributed by atoms with Gasteiger partial charge in [0, 0.05) is 25.3 Å². The van der Waals surface area contributed by atoms with Crippen LogP contribution in [0.15, 0.2) is 17.3 Å². The molecule has 0 aromatic carbocycles. The highest BCUT2D eigenvalue weighted by molar-refractivity contribution is 7.89. The molecule has 0 amide bonds. The van der Waals surface area contributed by atoms with E-state index in [-0.39, 0.29) is 10.9 Å². The fourth-order valence-electron chi connectivity index (χ4n) is 4.16. The molecule has 2 aromatic heterocycles. The molecule has 3 N–H and O–H groups in total. The largest absolute Gasteiger partial charge is 0.371 e. The number of hydrogen-bond donors (Lipinski definition) is 2. The Morgan fingerprint density at radius 1 is 1.11 bits per heavy atom. The van der Waals surface area contributed by atoms with Gasteiger partial charge < -0.3 is 9.80 Å². The minimum Gasteiger partial charge on any atom is -0.371 e. The summed E-state index contributed by atoms with van der Waals surface area (Å²) in [7, 11) is -4.01. The molecule has 4 heterocycles. The van der Waals surface area contributed by atoms with E-state index in [1.165, 1.54) is 38.5 Å². The first-order chi connectivity index (χ1) is 13.0. The number of rotatable bonds is 4. The minimum atomic E-state index is -4.01. The normalized spacial score (nSPS) is 20.1. The number of piperidine rings is 2. The van der Waals surface area contributed by atoms with Gasteiger partial charge in [0.2, 0.25) is 0 Å². The Labute approximate surface area is 158 Å². The Morgan fingerprint density at radius 3 is 2.48 bits per heavy atom. The highest BCUT2D eigenvalue weighted by Gasteiger charge is 2.30. The Hall–Kier alpha value is -2.11. The van der Waals surface area contributed by atoms with E-state index in [1.54, 1.807) is 6.07 Å². The van der Waals surface area contributed by atoms with E-state index in [2.05, 4.69) is 35.4 Å². The Balaban J connectivity index is 1.61. The molecule has 0 atom stereocenters. The summed E-state index contributed by atoms with van der Waals surface area (Å²) in [6.45, 7) is 4.04. The summed E-state index contributed by atoms with van der Waals surface area (Å²) in [5, 5.41) is 18.8. The number of pyridine rings is 1. The predicted molar refractivity (Wildman–Crippen MR) is 99.4 cm³/mol. The maximum Gasteiger partial charge on any atom is 0.256 e. The second kappa shape index (κ2) is 7.49. The molecule has 0 spiro atoms. The van der Waals surface area contributed by atoms with E-state index in [4.69, 9.17) is 5.14 Å². The molecule has 2 aliphatic heterocycles. The number of primary sulfonamides is 1. The number of nitrogens with two attached hydrogens (primary N) is 1. The molecule has 4 rings (SSSR count). The molecule has 146 valence electrons. The van der Waals surface area contributed by atoms with Crippen molar-refractivity contribution in [3.8, 4) is 11.4 Å². The average molecular weight is 392 g/mol. The maximum atomic E-state index is 12.1. The van der Waals surface area contributed by atoms with Crippen molar-refractivity contribution < 1.29 is 8.42 Å². The van der Waals surface area contributed by atoms with Crippen LogP contribution >= 0.6 is 0 Å². The maximum absolute atomic E-state index is 12.1. The van der Waals surface area contributed by atoms with Gasteiger partial charge in [0.25, 0.3) is 10.0 Å². The van der Waals surface area contributed by atoms with Gasteiger partial charge in [-0.05, 0) is 55.3 Å². The molecule has 2 aromatic rings. The second-order valence-electron chi connectivity index (χ2n) is 7.12. The predicted octanol–water partition coefficient (Wildman–Crippen LogP) is 0.364. The first-order valence-electron chi connectivity index (χ1n) is 9.29. The Kier molecular flexibility index (Phi) is 5.06. The van der Waals surface area contributed by atoms with Crippen LogP contribution in [0.2, 0.25) is 0 Å². The van der Waals surface area contributed by atoms with E-state index in [1.807, 2.05) is 0 Å². The zero-order chi connectivity index (χ0) is 18.9. The van der Waals surface area contributed by atoms with E-state index < -0.39 is 10.0 Å². The van der Waals surface area contributed by atoms with E-state index in [0.29, 0.717) is 11.6 Å². The molecular formula is C16H24N8O2S. The summed E-state index contributed by atoms with van der Waals surface area (Å²) in [6.07, 6.45) is 7.45. The average Bonchev–Trinajstić information content (AvgIpc) is 3.22. The zero-order valence-electron chi connectivity index (χ0n) is 15.1. The summed E-state index contributed by atoms with van der Waals surface area (Å²) >= 11 is 0. The lowest BCUT2D eigenvalue weighted by Crippen LogP contribution is -2.46. The van der Waals surface area contributed by atoms with Gasteiger partial charge >= 0.3 is 0 Å². The van der Waals surface area contributed by atoms with Gasteiger partial charge in [-0.25, -0.2) is 23.6 Å². The van der Waals surface area contributed by atoms with Crippen molar-refractivity contribution in [2.75, 3.05) is 31.1 Å². The molecule has 10 nitrogen and oxygen atoms in total. The first kappa shape index (κ1) is 18.3. The van der Waals surface area contributed by atoms with E-state index in [9.17, 15) is 8.42 Å². The highest BCUT2D eigenvalue weighted by atomic mass is 32.2. The number of nitrogens with one attached hydrogen (secondary N) is 1. The summed E-state index contributed by atoms with van der Waals surface area (Å²) in [5.41, 5.74) is 1.08. The van der Waals surface area contributed by atoms with Crippen LogP contribution in [0, 0.1) is 0 Å². The fourth-order valence-corrected chi connectivity index (χ4v) is 4.85. The van der Waals surface area contributed by atoms with Crippen molar-refractivity contribution in [2.45, 2.75) is 43.2 Å². The number of hydrogen-bond acceptors (Lipinski definition) is 8. The second-order valence-corrected chi connectivity index (χ2v) is 8.60. The van der Waals surface area contributed by atoms with Crippen molar-refractivity contribution in [1.82, 2.24) is 30.5 Å². The van der Waals surface area contributed by atoms with Gasteiger partial charge in [-0.1, -0.05) is 6.42 Å². The smallest absolute Gasteiger partial charge is 0.256 e. The molecule has 2 aliphatic rings. The summed E-state index contributed by atoms with van der Waals surface area (Å²) in [5.74, 6) is 0.250. The number of tetrazole rings is 1. The van der Waals surface area contributed by atoms with Gasteiger partial charge in [-0.3, -0.25) is 0 Å². The number of H-pyrrole nitrogens is 1. The molecule has 0 bridgehead atoms. The third-order valence-corrected chi connectivity index (χ3v) is 6.31. The van der Waals surface area contributed by atoms with Crippen LogP contribution in [-0.4, -0.2) is 71.1 Å². The number of anilines is 1. The molecule has 0 saturated carbocycles. The van der Waals surface area contributed by atoms with E-state index >= 15 is 0 Å². The van der Waals surface area contributed by atoms with Gasteiger partial charge in [0.05, 0.1) is 11.3 Å². The number of likely N-dealkylation sites (tertiary alicyclic amines) is 1. The van der Waals surface area contributed by atoms with Gasteiger partial charge in [-0.2, -0.15) is 0 Å². The third kappa shape index (κ3) is 3.80. The Morgan fingerprint density at radius 2 is 1.85 bits per heavy atom. The van der Waals surface area contributed by atoms with Gasteiger partial charge in [-0.15, -0.1) is 5.10 Å². The number of sulfonamides is 1. The minimum absolute atomic E-state index is 0.211. The molecule has 2 fully saturated rings. The van der Waals surface area contributed by atoms with Crippen LogP contribution in [0.4, 0.5) is 5.69 Å². The quantitative estimate of drug-likeness (QED) is 0.762. The highest BCUT2D eigenvalue weighted by Crippen LogP contribution is 2.34. The monoisotopic (exact) mass is 392 g/mol. The summed E-state index contributed by atoms with van der Waals surface area (Å²) < 4.78 is 24.1. The number of nitrogens with zero attached hydrogens (tertiary/aromatic N) is 6.